The Labute approximate surface area is 109 Å². The highest BCUT2D eigenvalue weighted by Crippen LogP contribution is 2.21. The number of hydrogen-bond acceptors (Lipinski definition) is 2. The van der Waals surface area contributed by atoms with Crippen LogP contribution in [0.1, 0.15) is 31.7 Å². The first-order valence-electron chi connectivity index (χ1n) is 6.41. The molecule has 0 amide bonds. The SMILES string of the molecule is CC(N)C1CCCCN1Cc1ccc(Cl)cc1. The molecule has 2 unspecified atom stereocenters. The van der Waals surface area contributed by atoms with Crippen molar-refractivity contribution in [2.75, 3.05) is 6.54 Å². The first kappa shape index (κ1) is 12.9. The van der Waals surface area contributed by atoms with Crippen LogP contribution in [0.2, 0.25) is 5.02 Å². The van der Waals surface area contributed by atoms with Crippen molar-refractivity contribution in [1.82, 2.24) is 4.90 Å². The fourth-order valence-corrected chi connectivity index (χ4v) is 2.76. The number of nitrogens with zero attached hydrogens (tertiary/aromatic N) is 1. The number of likely N-dealkylation sites (tertiary alicyclic amines) is 1. The first-order valence-corrected chi connectivity index (χ1v) is 6.78. The smallest absolute Gasteiger partial charge is 0.0406 e. The van der Waals surface area contributed by atoms with Gasteiger partial charge in [-0.1, -0.05) is 30.2 Å². The number of nitrogens with two attached hydrogens (primary N) is 1. The Balaban J connectivity index is 2.02. The van der Waals surface area contributed by atoms with Crippen molar-refractivity contribution in [1.29, 1.82) is 0 Å². The molecule has 0 aliphatic carbocycles. The van der Waals surface area contributed by atoms with E-state index in [1.165, 1.54) is 24.8 Å². The fourth-order valence-electron chi connectivity index (χ4n) is 2.63. The Morgan fingerprint density at radius 3 is 2.71 bits per heavy atom. The molecular formula is C14H21ClN2. The maximum atomic E-state index is 6.07. The molecule has 2 rings (SSSR count). The number of rotatable bonds is 3. The van der Waals surface area contributed by atoms with Gasteiger partial charge < -0.3 is 5.73 Å². The topological polar surface area (TPSA) is 29.3 Å². The molecule has 1 fully saturated rings. The van der Waals surface area contributed by atoms with Crippen LogP contribution in [0.25, 0.3) is 0 Å². The van der Waals surface area contributed by atoms with E-state index >= 15 is 0 Å². The summed E-state index contributed by atoms with van der Waals surface area (Å²) in [6.07, 6.45) is 3.82. The highest BCUT2D eigenvalue weighted by molar-refractivity contribution is 6.30. The van der Waals surface area contributed by atoms with Gasteiger partial charge in [-0.3, -0.25) is 4.90 Å². The molecule has 3 heteroatoms. The van der Waals surface area contributed by atoms with Crippen LogP contribution in [-0.4, -0.2) is 23.5 Å². The van der Waals surface area contributed by atoms with Crippen LogP contribution >= 0.6 is 11.6 Å². The summed E-state index contributed by atoms with van der Waals surface area (Å²) in [7, 11) is 0. The molecule has 1 aliphatic rings. The number of hydrogen-bond donors (Lipinski definition) is 1. The molecule has 1 aromatic rings. The third-order valence-corrected chi connectivity index (χ3v) is 3.82. The molecule has 2 N–H and O–H groups in total. The Hall–Kier alpha value is -0.570. The zero-order chi connectivity index (χ0) is 12.3. The second-order valence-electron chi connectivity index (χ2n) is 5.02. The minimum Gasteiger partial charge on any atom is -0.327 e. The van der Waals surface area contributed by atoms with E-state index in [0.29, 0.717) is 6.04 Å². The van der Waals surface area contributed by atoms with Crippen molar-refractivity contribution >= 4 is 11.6 Å². The molecule has 0 aromatic heterocycles. The Morgan fingerprint density at radius 2 is 2.06 bits per heavy atom. The average Bonchev–Trinajstić information content (AvgIpc) is 2.32. The standard InChI is InChI=1S/C14H21ClN2/c1-11(16)14-4-2-3-9-17(14)10-12-5-7-13(15)8-6-12/h5-8,11,14H,2-4,9-10,16H2,1H3. The monoisotopic (exact) mass is 252 g/mol. The van der Waals surface area contributed by atoms with E-state index in [1.54, 1.807) is 0 Å². The summed E-state index contributed by atoms with van der Waals surface area (Å²) in [4.78, 5) is 2.51. The molecule has 2 atom stereocenters. The zero-order valence-corrected chi connectivity index (χ0v) is 11.2. The van der Waals surface area contributed by atoms with Crippen molar-refractivity contribution in [2.45, 2.75) is 44.8 Å². The molecule has 1 heterocycles. The van der Waals surface area contributed by atoms with E-state index in [1.807, 2.05) is 12.1 Å². The zero-order valence-electron chi connectivity index (χ0n) is 10.4. The highest BCUT2D eigenvalue weighted by Gasteiger charge is 2.25. The predicted molar refractivity (Wildman–Crippen MR) is 73.2 cm³/mol. The molecule has 2 nitrogen and oxygen atoms in total. The number of halogens is 1. The van der Waals surface area contributed by atoms with Crippen LogP contribution in [0.15, 0.2) is 24.3 Å². The van der Waals surface area contributed by atoms with Crippen LogP contribution in [0.4, 0.5) is 0 Å². The van der Waals surface area contributed by atoms with Crippen LogP contribution in [-0.2, 0) is 6.54 Å². The van der Waals surface area contributed by atoms with Gasteiger partial charge in [-0.2, -0.15) is 0 Å². The van der Waals surface area contributed by atoms with E-state index in [9.17, 15) is 0 Å². The minimum absolute atomic E-state index is 0.252. The molecule has 0 spiro atoms. The summed E-state index contributed by atoms with van der Waals surface area (Å²) in [6, 6.07) is 8.91. The van der Waals surface area contributed by atoms with E-state index in [4.69, 9.17) is 17.3 Å². The Bertz CT molecular complexity index is 348. The van der Waals surface area contributed by atoms with Crippen molar-refractivity contribution in [2.24, 2.45) is 5.73 Å². The minimum atomic E-state index is 0.252. The van der Waals surface area contributed by atoms with Crippen LogP contribution in [0, 0.1) is 0 Å². The van der Waals surface area contributed by atoms with Crippen molar-refractivity contribution in [3.8, 4) is 0 Å². The number of piperidine rings is 1. The number of benzene rings is 1. The van der Waals surface area contributed by atoms with Crippen LogP contribution < -0.4 is 5.73 Å². The molecule has 94 valence electrons. The molecular weight excluding hydrogens is 232 g/mol. The predicted octanol–water partition coefficient (Wildman–Crippen LogP) is 3.04. The summed E-state index contributed by atoms with van der Waals surface area (Å²) >= 11 is 5.90. The molecule has 17 heavy (non-hydrogen) atoms. The summed E-state index contributed by atoms with van der Waals surface area (Å²) in [5.74, 6) is 0. The van der Waals surface area contributed by atoms with Gasteiger partial charge in [0, 0.05) is 23.7 Å². The van der Waals surface area contributed by atoms with Gasteiger partial charge >= 0.3 is 0 Å². The van der Waals surface area contributed by atoms with E-state index < -0.39 is 0 Å². The van der Waals surface area contributed by atoms with Crippen molar-refractivity contribution in [3.63, 3.8) is 0 Å². The Kier molecular flexibility index (Phi) is 4.43. The van der Waals surface area contributed by atoms with E-state index in [0.717, 1.165) is 18.1 Å². The van der Waals surface area contributed by atoms with Gasteiger partial charge in [-0.05, 0) is 44.0 Å². The van der Waals surface area contributed by atoms with E-state index in [2.05, 4.69) is 24.0 Å². The van der Waals surface area contributed by atoms with Crippen molar-refractivity contribution in [3.05, 3.63) is 34.9 Å². The van der Waals surface area contributed by atoms with Gasteiger partial charge in [-0.15, -0.1) is 0 Å². The molecule has 0 radical (unpaired) electrons. The Morgan fingerprint density at radius 1 is 1.35 bits per heavy atom. The lowest BCUT2D eigenvalue weighted by atomic mass is 9.96. The first-order chi connectivity index (χ1) is 8.16. The van der Waals surface area contributed by atoms with Crippen LogP contribution in [0.5, 0.6) is 0 Å². The van der Waals surface area contributed by atoms with Gasteiger partial charge in [0.25, 0.3) is 0 Å². The maximum absolute atomic E-state index is 6.07. The average molecular weight is 253 g/mol. The van der Waals surface area contributed by atoms with Gasteiger partial charge in [0.05, 0.1) is 0 Å². The van der Waals surface area contributed by atoms with Gasteiger partial charge in [-0.25, -0.2) is 0 Å². The lowest BCUT2D eigenvalue weighted by molar-refractivity contribution is 0.123. The fraction of sp³-hybridized carbons (Fsp3) is 0.571. The molecule has 0 saturated carbocycles. The van der Waals surface area contributed by atoms with Crippen LogP contribution in [0.3, 0.4) is 0 Å². The molecule has 1 saturated heterocycles. The molecule has 1 aromatic carbocycles. The third-order valence-electron chi connectivity index (χ3n) is 3.57. The highest BCUT2D eigenvalue weighted by atomic mass is 35.5. The lowest BCUT2D eigenvalue weighted by Crippen LogP contribution is -2.48. The second kappa shape index (κ2) is 5.85. The lowest BCUT2D eigenvalue weighted by Gasteiger charge is -2.38. The second-order valence-corrected chi connectivity index (χ2v) is 5.46. The molecule has 1 aliphatic heterocycles. The largest absolute Gasteiger partial charge is 0.327 e. The summed E-state index contributed by atoms with van der Waals surface area (Å²) in [5.41, 5.74) is 7.39. The van der Waals surface area contributed by atoms with Gasteiger partial charge in [0.2, 0.25) is 0 Å². The van der Waals surface area contributed by atoms with E-state index in [-0.39, 0.29) is 6.04 Å². The summed E-state index contributed by atoms with van der Waals surface area (Å²) in [6.45, 7) is 4.27. The summed E-state index contributed by atoms with van der Waals surface area (Å²) in [5, 5.41) is 0.802. The summed E-state index contributed by atoms with van der Waals surface area (Å²) < 4.78 is 0. The molecule has 0 bridgehead atoms. The third kappa shape index (κ3) is 3.44. The maximum Gasteiger partial charge on any atom is 0.0406 e. The van der Waals surface area contributed by atoms with Crippen molar-refractivity contribution < 1.29 is 0 Å². The quantitative estimate of drug-likeness (QED) is 0.896. The normalized spacial score (nSPS) is 23.6. The van der Waals surface area contributed by atoms with Gasteiger partial charge in [0.1, 0.15) is 0 Å². The van der Waals surface area contributed by atoms with Gasteiger partial charge in [0.15, 0.2) is 0 Å².